The van der Waals surface area contributed by atoms with E-state index in [0.717, 1.165) is 0 Å². The molecule has 0 spiro atoms. The standard InChI is InChI=1S/C16H21FN2O3/c1-12(2)11-22-16(21)19-9-7-18(8-10-19)15(20)13-5-3-4-6-14(13)17/h3-6,12H,7-11H2,1-2H3. The zero-order chi connectivity index (χ0) is 16.1. The van der Waals surface area contributed by atoms with Crippen LogP contribution in [0, 0.1) is 11.7 Å². The normalized spacial score (nSPS) is 15.1. The second-order valence-corrected chi connectivity index (χ2v) is 5.73. The summed E-state index contributed by atoms with van der Waals surface area (Å²) in [6.07, 6.45) is -0.355. The Kier molecular flexibility index (Phi) is 5.35. The van der Waals surface area contributed by atoms with Crippen LogP contribution in [0.25, 0.3) is 0 Å². The summed E-state index contributed by atoms with van der Waals surface area (Å²) >= 11 is 0. The maximum absolute atomic E-state index is 13.6. The molecule has 0 aromatic heterocycles. The van der Waals surface area contributed by atoms with Crippen molar-refractivity contribution in [3.8, 4) is 0 Å². The van der Waals surface area contributed by atoms with Gasteiger partial charge >= 0.3 is 6.09 Å². The molecule has 120 valence electrons. The van der Waals surface area contributed by atoms with Crippen LogP contribution < -0.4 is 0 Å². The Labute approximate surface area is 129 Å². The zero-order valence-corrected chi connectivity index (χ0v) is 12.9. The third-order valence-electron chi connectivity index (χ3n) is 3.47. The summed E-state index contributed by atoms with van der Waals surface area (Å²) < 4.78 is 18.8. The number of nitrogens with zero attached hydrogens (tertiary/aromatic N) is 2. The van der Waals surface area contributed by atoms with Crippen molar-refractivity contribution < 1.29 is 18.7 Å². The molecule has 2 amide bonds. The second kappa shape index (κ2) is 7.24. The molecular formula is C16H21FN2O3. The van der Waals surface area contributed by atoms with Crippen LogP contribution in [0.4, 0.5) is 9.18 Å². The van der Waals surface area contributed by atoms with Crippen molar-refractivity contribution in [2.24, 2.45) is 5.92 Å². The summed E-state index contributed by atoms with van der Waals surface area (Å²) in [7, 11) is 0. The molecule has 22 heavy (non-hydrogen) atoms. The van der Waals surface area contributed by atoms with Gasteiger partial charge in [0.15, 0.2) is 0 Å². The molecule has 0 saturated carbocycles. The second-order valence-electron chi connectivity index (χ2n) is 5.73. The molecule has 1 aromatic rings. The van der Waals surface area contributed by atoms with E-state index in [-0.39, 0.29) is 23.5 Å². The van der Waals surface area contributed by atoms with Gasteiger partial charge in [-0.2, -0.15) is 0 Å². The molecule has 1 saturated heterocycles. The number of amides is 2. The van der Waals surface area contributed by atoms with Gasteiger partial charge in [-0.3, -0.25) is 4.79 Å². The average Bonchev–Trinajstić information content (AvgIpc) is 2.52. The highest BCUT2D eigenvalue weighted by Crippen LogP contribution is 2.13. The highest BCUT2D eigenvalue weighted by molar-refractivity contribution is 5.94. The minimum absolute atomic E-state index is 0.0679. The van der Waals surface area contributed by atoms with Crippen LogP contribution in [-0.2, 0) is 4.74 Å². The van der Waals surface area contributed by atoms with E-state index in [2.05, 4.69) is 0 Å². The van der Waals surface area contributed by atoms with E-state index in [4.69, 9.17) is 4.74 Å². The maximum atomic E-state index is 13.6. The Bertz CT molecular complexity index is 540. The molecule has 1 fully saturated rings. The fourth-order valence-corrected chi connectivity index (χ4v) is 2.23. The molecule has 5 nitrogen and oxygen atoms in total. The summed E-state index contributed by atoms with van der Waals surface area (Å²) in [5.41, 5.74) is 0.0679. The number of piperazine rings is 1. The van der Waals surface area contributed by atoms with Crippen LogP contribution in [0.15, 0.2) is 24.3 Å². The topological polar surface area (TPSA) is 49.9 Å². The molecule has 1 aliphatic rings. The summed E-state index contributed by atoms with van der Waals surface area (Å²) in [4.78, 5) is 27.2. The van der Waals surface area contributed by atoms with Crippen molar-refractivity contribution in [2.75, 3.05) is 32.8 Å². The maximum Gasteiger partial charge on any atom is 0.409 e. The monoisotopic (exact) mass is 308 g/mol. The van der Waals surface area contributed by atoms with Crippen LogP contribution in [-0.4, -0.2) is 54.6 Å². The van der Waals surface area contributed by atoms with Gasteiger partial charge in [0.05, 0.1) is 12.2 Å². The fraction of sp³-hybridized carbons (Fsp3) is 0.500. The zero-order valence-electron chi connectivity index (χ0n) is 12.9. The van der Waals surface area contributed by atoms with Crippen LogP contribution in [0.1, 0.15) is 24.2 Å². The van der Waals surface area contributed by atoms with Gasteiger partial charge < -0.3 is 14.5 Å². The lowest BCUT2D eigenvalue weighted by Crippen LogP contribution is -2.51. The fourth-order valence-electron chi connectivity index (χ4n) is 2.23. The van der Waals surface area contributed by atoms with Crippen molar-refractivity contribution in [1.29, 1.82) is 0 Å². The van der Waals surface area contributed by atoms with Crippen LogP contribution >= 0.6 is 0 Å². The molecule has 0 unspecified atom stereocenters. The van der Waals surface area contributed by atoms with Gasteiger partial charge in [-0.15, -0.1) is 0 Å². The van der Waals surface area contributed by atoms with E-state index in [0.29, 0.717) is 32.8 Å². The Morgan fingerprint density at radius 3 is 2.32 bits per heavy atom. The van der Waals surface area contributed by atoms with Crippen molar-refractivity contribution in [3.05, 3.63) is 35.6 Å². The van der Waals surface area contributed by atoms with Crippen LogP contribution in [0.2, 0.25) is 0 Å². The first-order chi connectivity index (χ1) is 10.5. The summed E-state index contributed by atoms with van der Waals surface area (Å²) in [6, 6.07) is 5.93. The van der Waals surface area contributed by atoms with Crippen molar-refractivity contribution >= 4 is 12.0 Å². The molecule has 0 atom stereocenters. The highest BCUT2D eigenvalue weighted by atomic mass is 19.1. The molecule has 0 aliphatic carbocycles. The van der Waals surface area contributed by atoms with E-state index < -0.39 is 5.82 Å². The number of carbonyl (C=O) groups excluding carboxylic acids is 2. The first-order valence-corrected chi connectivity index (χ1v) is 7.44. The van der Waals surface area contributed by atoms with Gasteiger partial charge in [0.1, 0.15) is 5.82 Å². The summed E-state index contributed by atoms with van der Waals surface area (Å²) in [5.74, 6) is -0.576. The average molecular weight is 308 g/mol. The molecule has 0 radical (unpaired) electrons. The molecule has 0 N–H and O–H groups in total. The van der Waals surface area contributed by atoms with Gasteiger partial charge in [-0.05, 0) is 18.1 Å². The minimum Gasteiger partial charge on any atom is -0.449 e. The van der Waals surface area contributed by atoms with Crippen molar-refractivity contribution in [3.63, 3.8) is 0 Å². The molecular weight excluding hydrogens is 287 g/mol. The first kappa shape index (κ1) is 16.3. The molecule has 1 heterocycles. The molecule has 6 heteroatoms. The quantitative estimate of drug-likeness (QED) is 0.861. The number of carbonyl (C=O) groups is 2. The number of rotatable bonds is 3. The van der Waals surface area contributed by atoms with E-state index in [1.165, 1.54) is 12.1 Å². The highest BCUT2D eigenvalue weighted by Gasteiger charge is 2.26. The molecule has 1 aliphatic heterocycles. The lowest BCUT2D eigenvalue weighted by atomic mass is 10.1. The number of hydrogen-bond donors (Lipinski definition) is 0. The lowest BCUT2D eigenvalue weighted by molar-refractivity contribution is 0.0532. The van der Waals surface area contributed by atoms with E-state index in [1.807, 2.05) is 13.8 Å². The Hall–Kier alpha value is -2.11. The molecule has 0 bridgehead atoms. The largest absolute Gasteiger partial charge is 0.449 e. The number of hydrogen-bond acceptors (Lipinski definition) is 3. The minimum atomic E-state index is -0.522. The summed E-state index contributed by atoms with van der Waals surface area (Å²) in [6.45, 7) is 5.88. The predicted octanol–water partition coefficient (Wildman–Crippen LogP) is 2.38. The smallest absolute Gasteiger partial charge is 0.409 e. The Morgan fingerprint density at radius 2 is 1.73 bits per heavy atom. The number of halogens is 1. The van der Waals surface area contributed by atoms with E-state index in [9.17, 15) is 14.0 Å². The van der Waals surface area contributed by atoms with Gasteiger partial charge in [-0.1, -0.05) is 26.0 Å². The first-order valence-electron chi connectivity index (χ1n) is 7.44. The van der Waals surface area contributed by atoms with Gasteiger partial charge in [0.2, 0.25) is 0 Å². The van der Waals surface area contributed by atoms with E-state index in [1.54, 1.807) is 21.9 Å². The third-order valence-corrected chi connectivity index (χ3v) is 3.47. The van der Waals surface area contributed by atoms with Crippen LogP contribution in [0.5, 0.6) is 0 Å². The van der Waals surface area contributed by atoms with E-state index >= 15 is 0 Å². The number of benzene rings is 1. The summed E-state index contributed by atoms with van der Waals surface area (Å²) in [5, 5.41) is 0. The van der Waals surface area contributed by atoms with Crippen molar-refractivity contribution in [1.82, 2.24) is 9.80 Å². The Balaban J connectivity index is 1.88. The lowest BCUT2D eigenvalue weighted by Gasteiger charge is -2.34. The Morgan fingerprint density at radius 1 is 1.14 bits per heavy atom. The number of ether oxygens (including phenoxy) is 1. The molecule has 1 aromatic carbocycles. The van der Waals surface area contributed by atoms with Gasteiger partial charge in [-0.25, -0.2) is 9.18 Å². The predicted molar refractivity (Wildman–Crippen MR) is 80.1 cm³/mol. The van der Waals surface area contributed by atoms with Crippen molar-refractivity contribution in [2.45, 2.75) is 13.8 Å². The third kappa shape index (κ3) is 3.96. The van der Waals surface area contributed by atoms with Crippen LogP contribution in [0.3, 0.4) is 0 Å². The van der Waals surface area contributed by atoms with Gasteiger partial charge in [0.25, 0.3) is 5.91 Å². The van der Waals surface area contributed by atoms with Gasteiger partial charge in [0, 0.05) is 26.2 Å². The molecule has 2 rings (SSSR count). The SMILES string of the molecule is CC(C)COC(=O)N1CCN(C(=O)c2ccccc2F)CC1.